The van der Waals surface area contributed by atoms with Crippen LogP contribution in [-0.2, 0) is 0 Å². The molecule has 106 valence electrons. The Labute approximate surface area is 121 Å². The summed E-state index contributed by atoms with van der Waals surface area (Å²) in [5.74, 6) is 1.67. The van der Waals surface area contributed by atoms with Crippen molar-refractivity contribution < 1.29 is 4.74 Å². The van der Waals surface area contributed by atoms with Gasteiger partial charge in [0.25, 0.3) is 0 Å². The van der Waals surface area contributed by atoms with Gasteiger partial charge >= 0.3 is 0 Å². The van der Waals surface area contributed by atoms with E-state index in [1.807, 2.05) is 32.2 Å². The number of likely N-dealkylation sites (N-methyl/N-ethyl adjacent to an activating group) is 1. The SMILES string of the molecule is CNC(COc1ccc(Cl)c(C)c1)C1CCCCC1. The Bertz CT molecular complexity index is 402. The molecule has 0 heterocycles. The van der Waals surface area contributed by atoms with Crippen molar-refractivity contribution in [2.24, 2.45) is 5.92 Å². The predicted molar refractivity (Wildman–Crippen MR) is 81.1 cm³/mol. The highest BCUT2D eigenvalue weighted by molar-refractivity contribution is 6.31. The third kappa shape index (κ3) is 4.12. The second kappa shape index (κ2) is 7.16. The van der Waals surface area contributed by atoms with Gasteiger partial charge in [0, 0.05) is 11.1 Å². The normalized spacial score (nSPS) is 18.3. The number of ether oxygens (including phenoxy) is 1. The maximum atomic E-state index is 6.02. The number of aryl methyl sites for hydroxylation is 1. The molecule has 2 nitrogen and oxygen atoms in total. The number of benzene rings is 1. The highest BCUT2D eigenvalue weighted by Gasteiger charge is 2.22. The lowest BCUT2D eigenvalue weighted by molar-refractivity contribution is 0.192. The lowest BCUT2D eigenvalue weighted by Crippen LogP contribution is -2.39. The molecular weight excluding hydrogens is 258 g/mol. The minimum absolute atomic E-state index is 0.455. The molecule has 1 N–H and O–H groups in total. The van der Waals surface area contributed by atoms with Crippen LogP contribution in [0.3, 0.4) is 0 Å². The van der Waals surface area contributed by atoms with Gasteiger partial charge in [-0.05, 0) is 56.5 Å². The third-order valence-electron chi connectivity index (χ3n) is 4.15. The lowest BCUT2D eigenvalue weighted by atomic mass is 9.84. The van der Waals surface area contributed by atoms with Crippen molar-refractivity contribution in [3.63, 3.8) is 0 Å². The van der Waals surface area contributed by atoms with Crippen molar-refractivity contribution in [2.75, 3.05) is 13.7 Å². The van der Waals surface area contributed by atoms with Gasteiger partial charge in [0.15, 0.2) is 0 Å². The molecule has 0 spiro atoms. The Morgan fingerprint density at radius 1 is 1.32 bits per heavy atom. The smallest absolute Gasteiger partial charge is 0.119 e. The second-order valence-corrected chi connectivity index (χ2v) is 5.92. The van der Waals surface area contributed by atoms with E-state index in [0.717, 1.165) is 28.9 Å². The molecule has 19 heavy (non-hydrogen) atoms. The quantitative estimate of drug-likeness (QED) is 0.873. The van der Waals surface area contributed by atoms with Crippen LogP contribution in [0.5, 0.6) is 5.75 Å². The first-order valence-electron chi connectivity index (χ1n) is 7.27. The predicted octanol–water partition coefficient (Wildman–Crippen LogP) is 4.20. The van der Waals surface area contributed by atoms with Gasteiger partial charge in [-0.1, -0.05) is 30.9 Å². The Balaban J connectivity index is 1.89. The Kier molecular flexibility index (Phi) is 5.53. The van der Waals surface area contributed by atoms with Gasteiger partial charge < -0.3 is 10.1 Å². The number of hydrogen-bond donors (Lipinski definition) is 1. The highest BCUT2D eigenvalue weighted by Crippen LogP contribution is 2.27. The molecule has 0 aliphatic heterocycles. The molecule has 1 atom stereocenters. The summed E-state index contributed by atoms with van der Waals surface area (Å²) in [5, 5.41) is 4.21. The maximum Gasteiger partial charge on any atom is 0.119 e. The Hall–Kier alpha value is -0.730. The largest absolute Gasteiger partial charge is 0.492 e. The molecule has 3 heteroatoms. The zero-order chi connectivity index (χ0) is 13.7. The number of hydrogen-bond acceptors (Lipinski definition) is 2. The van der Waals surface area contributed by atoms with Crippen molar-refractivity contribution in [2.45, 2.75) is 45.1 Å². The van der Waals surface area contributed by atoms with Gasteiger partial charge in [0.2, 0.25) is 0 Å². The van der Waals surface area contributed by atoms with Crippen molar-refractivity contribution in [1.29, 1.82) is 0 Å². The van der Waals surface area contributed by atoms with Crippen LogP contribution < -0.4 is 10.1 Å². The Morgan fingerprint density at radius 2 is 2.05 bits per heavy atom. The molecule has 0 bridgehead atoms. The molecule has 0 saturated heterocycles. The number of nitrogens with one attached hydrogen (secondary N) is 1. The summed E-state index contributed by atoms with van der Waals surface area (Å²) in [6.45, 7) is 2.74. The van der Waals surface area contributed by atoms with E-state index >= 15 is 0 Å². The minimum atomic E-state index is 0.455. The van der Waals surface area contributed by atoms with E-state index in [0.29, 0.717) is 6.04 Å². The fourth-order valence-electron chi connectivity index (χ4n) is 2.88. The van der Waals surface area contributed by atoms with Gasteiger partial charge in [0.1, 0.15) is 12.4 Å². The maximum absolute atomic E-state index is 6.02. The standard InChI is InChI=1S/C16H24ClNO/c1-12-10-14(8-9-15(12)17)19-11-16(18-2)13-6-4-3-5-7-13/h8-10,13,16,18H,3-7,11H2,1-2H3. The zero-order valence-electron chi connectivity index (χ0n) is 11.9. The molecule has 1 aliphatic rings. The first kappa shape index (κ1) is 14.7. The first-order valence-corrected chi connectivity index (χ1v) is 7.64. The molecule has 2 rings (SSSR count). The van der Waals surface area contributed by atoms with Crippen molar-refractivity contribution in [1.82, 2.24) is 5.32 Å². The Morgan fingerprint density at radius 3 is 2.68 bits per heavy atom. The van der Waals surface area contributed by atoms with Crippen LogP contribution in [0.25, 0.3) is 0 Å². The first-order chi connectivity index (χ1) is 9.20. The molecule has 1 aromatic carbocycles. The van der Waals surface area contributed by atoms with Crippen LogP contribution in [0.1, 0.15) is 37.7 Å². The molecule has 1 aromatic rings. The summed E-state index contributed by atoms with van der Waals surface area (Å²) in [7, 11) is 2.04. The van der Waals surface area contributed by atoms with Crippen LogP contribution in [0.15, 0.2) is 18.2 Å². The summed E-state index contributed by atoms with van der Waals surface area (Å²) >= 11 is 6.02. The summed E-state index contributed by atoms with van der Waals surface area (Å²) < 4.78 is 5.93. The molecule has 1 aliphatic carbocycles. The molecule has 0 radical (unpaired) electrons. The van der Waals surface area contributed by atoms with Crippen molar-refractivity contribution in [3.05, 3.63) is 28.8 Å². The van der Waals surface area contributed by atoms with Crippen LogP contribution in [0.4, 0.5) is 0 Å². The van der Waals surface area contributed by atoms with E-state index in [1.54, 1.807) is 0 Å². The number of halogens is 1. The van der Waals surface area contributed by atoms with Crippen LogP contribution in [-0.4, -0.2) is 19.7 Å². The van der Waals surface area contributed by atoms with Gasteiger partial charge in [-0.3, -0.25) is 0 Å². The fraction of sp³-hybridized carbons (Fsp3) is 0.625. The molecule has 1 unspecified atom stereocenters. The van der Waals surface area contributed by atoms with Gasteiger partial charge in [-0.25, -0.2) is 0 Å². The average molecular weight is 282 g/mol. The summed E-state index contributed by atoms with van der Waals surface area (Å²) in [6, 6.07) is 6.32. The molecule has 1 fully saturated rings. The van der Waals surface area contributed by atoms with Gasteiger partial charge in [-0.15, -0.1) is 0 Å². The van der Waals surface area contributed by atoms with Crippen molar-refractivity contribution >= 4 is 11.6 Å². The van der Waals surface area contributed by atoms with E-state index in [4.69, 9.17) is 16.3 Å². The van der Waals surface area contributed by atoms with Gasteiger partial charge in [0.05, 0.1) is 0 Å². The summed E-state index contributed by atoms with van der Waals surface area (Å²) in [5.41, 5.74) is 1.07. The summed E-state index contributed by atoms with van der Waals surface area (Å²) in [6.07, 6.45) is 6.78. The minimum Gasteiger partial charge on any atom is -0.492 e. The van der Waals surface area contributed by atoms with E-state index in [9.17, 15) is 0 Å². The number of rotatable bonds is 5. The van der Waals surface area contributed by atoms with E-state index < -0.39 is 0 Å². The fourth-order valence-corrected chi connectivity index (χ4v) is 3.00. The molecule has 0 amide bonds. The molecule has 1 saturated carbocycles. The summed E-state index contributed by atoms with van der Waals surface area (Å²) in [4.78, 5) is 0. The average Bonchev–Trinajstić information content (AvgIpc) is 2.44. The van der Waals surface area contributed by atoms with Crippen molar-refractivity contribution in [3.8, 4) is 5.75 Å². The lowest BCUT2D eigenvalue weighted by Gasteiger charge is -2.30. The third-order valence-corrected chi connectivity index (χ3v) is 4.57. The molecule has 0 aromatic heterocycles. The topological polar surface area (TPSA) is 21.3 Å². The second-order valence-electron chi connectivity index (χ2n) is 5.52. The monoisotopic (exact) mass is 281 g/mol. The van der Waals surface area contributed by atoms with E-state index in [2.05, 4.69) is 5.32 Å². The van der Waals surface area contributed by atoms with E-state index in [1.165, 1.54) is 32.1 Å². The van der Waals surface area contributed by atoms with Crippen LogP contribution in [0, 0.1) is 12.8 Å². The van der Waals surface area contributed by atoms with Crippen LogP contribution in [0.2, 0.25) is 5.02 Å². The highest BCUT2D eigenvalue weighted by atomic mass is 35.5. The van der Waals surface area contributed by atoms with E-state index in [-0.39, 0.29) is 0 Å². The van der Waals surface area contributed by atoms with Crippen LogP contribution >= 0.6 is 11.6 Å². The zero-order valence-corrected chi connectivity index (χ0v) is 12.7. The molecular formula is C16H24ClNO. The van der Waals surface area contributed by atoms with Gasteiger partial charge in [-0.2, -0.15) is 0 Å².